The highest BCUT2D eigenvalue weighted by molar-refractivity contribution is 7.99. The van der Waals surface area contributed by atoms with Gasteiger partial charge in [0.15, 0.2) is 5.82 Å². The van der Waals surface area contributed by atoms with Crippen LogP contribution in [0.3, 0.4) is 0 Å². The van der Waals surface area contributed by atoms with Gasteiger partial charge in [-0.15, -0.1) is 0 Å². The summed E-state index contributed by atoms with van der Waals surface area (Å²) in [6.07, 6.45) is 3.85. The van der Waals surface area contributed by atoms with Crippen LogP contribution in [-0.2, 0) is 0 Å². The first kappa shape index (κ1) is 9.42. The summed E-state index contributed by atoms with van der Waals surface area (Å²) in [4.78, 5) is 11.0. The molecule has 14 heavy (non-hydrogen) atoms. The van der Waals surface area contributed by atoms with Crippen LogP contribution in [0.2, 0.25) is 5.28 Å². The number of nitrogens with zero attached hydrogens (tertiary/aromatic N) is 3. The third kappa shape index (κ3) is 2.02. The summed E-state index contributed by atoms with van der Waals surface area (Å²) >= 11 is 6.45. The first-order chi connectivity index (χ1) is 6.75. The number of oxazole rings is 1. The molecule has 4 nitrogen and oxygen atoms in total. The molecule has 0 atom stereocenters. The van der Waals surface area contributed by atoms with Crippen LogP contribution in [0.5, 0.6) is 0 Å². The Balaban J connectivity index is 2.28. The van der Waals surface area contributed by atoms with E-state index in [1.54, 1.807) is 0 Å². The van der Waals surface area contributed by atoms with Gasteiger partial charge in [0.25, 0.3) is 5.22 Å². The Morgan fingerprint density at radius 1 is 1.43 bits per heavy atom. The van der Waals surface area contributed by atoms with Crippen LogP contribution >= 0.6 is 23.4 Å². The fourth-order valence-electron chi connectivity index (χ4n) is 0.746. The fourth-order valence-corrected chi connectivity index (χ4v) is 1.59. The Morgan fingerprint density at radius 3 is 3.00 bits per heavy atom. The molecule has 7 heteroatoms. The molecule has 0 spiro atoms. The molecule has 0 saturated carbocycles. The molecule has 2 heterocycles. The Morgan fingerprint density at radius 2 is 2.29 bits per heavy atom. The van der Waals surface area contributed by atoms with E-state index in [1.165, 1.54) is 12.5 Å². The molecular formula is C7H3ClFN3OS. The Labute approximate surface area is 87.5 Å². The number of rotatable bonds is 2. The molecule has 0 aliphatic rings. The lowest BCUT2D eigenvalue weighted by molar-refractivity contribution is 0.452. The van der Waals surface area contributed by atoms with Crippen LogP contribution < -0.4 is 0 Å². The first-order valence-electron chi connectivity index (χ1n) is 3.51. The summed E-state index contributed by atoms with van der Waals surface area (Å²) in [5, 5.41) is 0.381. The fraction of sp³-hybridized carbons (Fsp3) is 0. The third-order valence-corrected chi connectivity index (χ3v) is 2.31. The van der Waals surface area contributed by atoms with Crippen LogP contribution in [0.25, 0.3) is 0 Å². The third-order valence-electron chi connectivity index (χ3n) is 1.28. The predicted molar refractivity (Wildman–Crippen MR) is 47.6 cm³/mol. The van der Waals surface area contributed by atoms with Crippen molar-refractivity contribution in [3.63, 3.8) is 0 Å². The topological polar surface area (TPSA) is 51.8 Å². The van der Waals surface area contributed by atoms with E-state index in [4.69, 9.17) is 16.0 Å². The van der Waals surface area contributed by atoms with Gasteiger partial charge in [-0.1, -0.05) is 0 Å². The second kappa shape index (κ2) is 3.93. The first-order valence-corrected chi connectivity index (χ1v) is 4.70. The zero-order valence-corrected chi connectivity index (χ0v) is 8.22. The lowest BCUT2D eigenvalue weighted by atomic mass is 10.6. The zero-order valence-electron chi connectivity index (χ0n) is 6.65. The molecule has 0 fully saturated rings. The zero-order chi connectivity index (χ0) is 9.97. The van der Waals surface area contributed by atoms with Gasteiger partial charge in [-0.2, -0.15) is 0 Å². The monoisotopic (exact) mass is 231 g/mol. The molecule has 2 rings (SSSR count). The summed E-state index contributed by atoms with van der Waals surface area (Å²) in [7, 11) is 0. The molecule has 0 saturated heterocycles. The highest BCUT2D eigenvalue weighted by Gasteiger charge is 2.10. The predicted octanol–water partition coefficient (Wildman–Crippen LogP) is 2.41. The minimum absolute atomic E-state index is 0.0135. The van der Waals surface area contributed by atoms with Crippen LogP contribution in [0.1, 0.15) is 0 Å². The highest BCUT2D eigenvalue weighted by atomic mass is 35.5. The van der Waals surface area contributed by atoms with Gasteiger partial charge in [0.2, 0.25) is 5.28 Å². The van der Waals surface area contributed by atoms with E-state index in [1.807, 2.05) is 0 Å². The molecule has 0 unspecified atom stereocenters. The van der Waals surface area contributed by atoms with Gasteiger partial charge < -0.3 is 4.42 Å². The normalized spacial score (nSPS) is 10.4. The van der Waals surface area contributed by atoms with Crippen molar-refractivity contribution in [2.45, 2.75) is 10.2 Å². The summed E-state index contributed by atoms with van der Waals surface area (Å²) in [6, 6.07) is 0. The van der Waals surface area contributed by atoms with Crippen LogP contribution in [0.15, 0.2) is 33.3 Å². The molecule has 2 aromatic rings. The van der Waals surface area contributed by atoms with Gasteiger partial charge in [0, 0.05) is 0 Å². The van der Waals surface area contributed by atoms with Crippen LogP contribution in [0.4, 0.5) is 4.39 Å². The second-order valence-electron chi connectivity index (χ2n) is 2.19. The van der Waals surface area contributed by atoms with Gasteiger partial charge >= 0.3 is 0 Å². The number of hydrogen-bond acceptors (Lipinski definition) is 5. The molecule has 72 valence electrons. The van der Waals surface area contributed by atoms with Crippen molar-refractivity contribution >= 4 is 23.4 Å². The largest absolute Gasteiger partial charge is 0.440 e. The highest BCUT2D eigenvalue weighted by Crippen LogP contribution is 2.26. The Kier molecular flexibility index (Phi) is 2.64. The van der Waals surface area contributed by atoms with E-state index in [9.17, 15) is 4.39 Å². The molecule has 0 aliphatic carbocycles. The second-order valence-corrected chi connectivity index (χ2v) is 3.47. The maximum atomic E-state index is 13.1. The maximum Gasteiger partial charge on any atom is 0.262 e. The van der Waals surface area contributed by atoms with Gasteiger partial charge in [-0.05, 0) is 23.4 Å². The Bertz CT molecular complexity index is 437. The standard InChI is InChI=1S/C7H3ClFN3OS/c8-6-11-3-4(9)5(12-6)14-7-10-1-2-13-7/h1-3H. The van der Waals surface area contributed by atoms with Crippen molar-refractivity contribution in [3.05, 3.63) is 29.8 Å². The van der Waals surface area contributed by atoms with Gasteiger partial charge in [-0.25, -0.2) is 19.3 Å². The minimum atomic E-state index is -0.558. The van der Waals surface area contributed by atoms with Crippen molar-refractivity contribution in [3.8, 4) is 0 Å². The summed E-state index contributed by atoms with van der Waals surface area (Å²) < 4.78 is 18.0. The van der Waals surface area contributed by atoms with E-state index < -0.39 is 5.82 Å². The van der Waals surface area contributed by atoms with E-state index in [-0.39, 0.29) is 10.3 Å². The number of halogens is 2. The van der Waals surface area contributed by atoms with Gasteiger partial charge in [0.05, 0.1) is 12.4 Å². The molecular weight excluding hydrogens is 229 g/mol. The molecule has 0 amide bonds. The van der Waals surface area contributed by atoms with E-state index in [2.05, 4.69) is 15.0 Å². The lowest BCUT2D eigenvalue weighted by Crippen LogP contribution is -1.90. The molecule has 0 aromatic carbocycles. The maximum absolute atomic E-state index is 13.1. The number of hydrogen-bond donors (Lipinski definition) is 0. The molecule has 2 aromatic heterocycles. The lowest BCUT2D eigenvalue weighted by Gasteiger charge is -1.97. The van der Waals surface area contributed by atoms with E-state index >= 15 is 0 Å². The van der Waals surface area contributed by atoms with Crippen molar-refractivity contribution < 1.29 is 8.81 Å². The molecule has 0 aliphatic heterocycles. The molecule has 0 N–H and O–H groups in total. The van der Waals surface area contributed by atoms with E-state index in [0.717, 1.165) is 18.0 Å². The van der Waals surface area contributed by atoms with E-state index in [0.29, 0.717) is 5.22 Å². The SMILES string of the molecule is Fc1cnc(Cl)nc1Sc1ncco1. The van der Waals surface area contributed by atoms with Crippen LogP contribution in [-0.4, -0.2) is 15.0 Å². The average molecular weight is 232 g/mol. The molecule has 0 radical (unpaired) electrons. The van der Waals surface area contributed by atoms with Crippen molar-refractivity contribution in [2.75, 3.05) is 0 Å². The summed E-state index contributed by atoms with van der Waals surface area (Å²) in [5.74, 6) is -0.558. The molecule has 0 bridgehead atoms. The van der Waals surface area contributed by atoms with Gasteiger partial charge in [0.1, 0.15) is 11.3 Å². The number of aromatic nitrogens is 3. The summed E-state index contributed by atoms with van der Waals surface area (Å²) in [6.45, 7) is 0. The Hall–Kier alpha value is -1.14. The van der Waals surface area contributed by atoms with Crippen molar-refractivity contribution in [2.24, 2.45) is 0 Å². The quantitative estimate of drug-likeness (QED) is 0.587. The average Bonchev–Trinajstić information content (AvgIpc) is 2.64. The van der Waals surface area contributed by atoms with Crippen LogP contribution in [0, 0.1) is 5.82 Å². The smallest absolute Gasteiger partial charge is 0.262 e. The van der Waals surface area contributed by atoms with Crippen molar-refractivity contribution in [1.29, 1.82) is 0 Å². The summed E-state index contributed by atoms with van der Waals surface area (Å²) in [5.41, 5.74) is 0. The minimum Gasteiger partial charge on any atom is -0.440 e. The van der Waals surface area contributed by atoms with Crippen molar-refractivity contribution in [1.82, 2.24) is 15.0 Å². The van der Waals surface area contributed by atoms with Gasteiger partial charge in [-0.3, -0.25) is 0 Å².